The van der Waals surface area contributed by atoms with Crippen LogP contribution in [0.1, 0.15) is 43.5 Å². The summed E-state index contributed by atoms with van der Waals surface area (Å²) in [4.78, 5) is 11.9. The monoisotopic (exact) mass is 253 g/mol. The van der Waals surface area contributed by atoms with Gasteiger partial charge in [-0.1, -0.05) is 19.9 Å². The van der Waals surface area contributed by atoms with Crippen molar-refractivity contribution in [1.82, 2.24) is 5.32 Å². The summed E-state index contributed by atoms with van der Waals surface area (Å²) < 4.78 is 26.5. The van der Waals surface area contributed by atoms with Crippen LogP contribution in [0.3, 0.4) is 0 Å². The molecule has 1 N–H and O–H groups in total. The zero-order chi connectivity index (χ0) is 13.3. The van der Waals surface area contributed by atoms with Crippen molar-refractivity contribution >= 4 is 5.91 Å². The Labute approximate surface area is 105 Å². The summed E-state index contributed by atoms with van der Waals surface area (Å²) in [6.45, 7) is 4.28. The van der Waals surface area contributed by atoms with E-state index in [0.717, 1.165) is 25.3 Å². The van der Waals surface area contributed by atoms with E-state index >= 15 is 0 Å². The van der Waals surface area contributed by atoms with Crippen LogP contribution in [0.25, 0.3) is 0 Å². The van der Waals surface area contributed by atoms with Crippen LogP contribution < -0.4 is 5.32 Å². The van der Waals surface area contributed by atoms with Crippen molar-refractivity contribution in [1.29, 1.82) is 0 Å². The fourth-order valence-corrected chi connectivity index (χ4v) is 2.50. The van der Waals surface area contributed by atoms with E-state index in [1.807, 2.05) is 0 Å². The van der Waals surface area contributed by atoms with Gasteiger partial charge in [-0.05, 0) is 36.8 Å². The molecule has 0 aliphatic heterocycles. The quantitative estimate of drug-likeness (QED) is 0.861. The van der Waals surface area contributed by atoms with Crippen LogP contribution in [-0.2, 0) is 0 Å². The van der Waals surface area contributed by atoms with E-state index in [1.54, 1.807) is 0 Å². The molecule has 0 radical (unpaired) electrons. The number of hydrogen-bond donors (Lipinski definition) is 1. The summed E-state index contributed by atoms with van der Waals surface area (Å²) in [5.41, 5.74) is -0.0157. The summed E-state index contributed by atoms with van der Waals surface area (Å²) in [7, 11) is 0. The summed E-state index contributed by atoms with van der Waals surface area (Å²) in [5.74, 6) is -2.60. The van der Waals surface area contributed by atoms with Gasteiger partial charge in [-0.3, -0.25) is 4.79 Å². The van der Waals surface area contributed by atoms with Crippen molar-refractivity contribution in [2.45, 2.75) is 39.2 Å². The van der Waals surface area contributed by atoms with Crippen LogP contribution in [-0.4, -0.2) is 11.9 Å². The third kappa shape index (κ3) is 2.68. The Hall–Kier alpha value is -1.45. The van der Waals surface area contributed by atoms with Gasteiger partial charge in [-0.25, -0.2) is 8.78 Å². The van der Waals surface area contributed by atoms with Crippen LogP contribution in [0.4, 0.5) is 8.78 Å². The molecule has 1 aromatic rings. The first-order valence-electron chi connectivity index (χ1n) is 6.14. The minimum absolute atomic E-state index is 0.0511. The Kier molecular flexibility index (Phi) is 3.37. The molecule has 4 heteroatoms. The average Bonchev–Trinajstić information content (AvgIpc) is 2.62. The van der Waals surface area contributed by atoms with Crippen molar-refractivity contribution in [3.05, 3.63) is 35.4 Å². The minimum atomic E-state index is -1.08. The van der Waals surface area contributed by atoms with Gasteiger partial charge in [0.05, 0.1) is 5.56 Å². The van der Waals surface area contributed by atoms with Crippen molar-refractivity contribution < 1.29 is 13.6 Å². The third-order valence-electron chi connectivity index (χ3n) is 3.50. The highest BCUT2D eigenvalue weighted by Crippen LogP contribution is 2.37. The smallest absolute Gasteiger partial charge is 0.254 e. The number of carbonyl (C=O) groups excluding carboxylic acids is 1. The Morgan fingerprint density at radius 2 is 2.11 bits per heavy atom. The SMILES string of the molecule is CC1(C)CCC(NC(=O)c2cccc(F)c2F)C1. The molecule has 98 valence electrons. The minimum Gasteiger partial charge on any atom is -0.349 e. The normalized spacial score (nSPS) is 21.9. The molecule has 0 saturated heterocycles. The highest BCUT2D eigenvalue weighted by atomic mass is 19.2. The van der Waals surface area contributed by atoms with Crippen molar-refractivity contribution in [3.63, 3.8) is 0 Å². The molecule has 0 spiro atoms. The predicted octanol–water partition coefficient (Wildman–Crippen LogP) is 3.27. The second-order valence-corrected chi connectivity index (χ2v) is 5.68. The van der Waals surface area contributed by atoms with E-state index in [-0.39, 0.29) is 17.0 Å². The Morgan fingerprint density at radius 3 is 2.72 bits per heavy atom. The summed E-state index contributed by atoms with van der Waals surface area (Å²) in [5, 5.41) is 2.77. The molecule has 1 unspecified atom stereocenters. The largest absolute Gasteiger partial charge is 0.349 e. The van der Waals surface area contributed by atoms with Crippen molar-refractivity contribution in [2.24, 2.45) is 5.41 Å². The van der Waals surface area contributed by atoms with E-state index in [0.29, 0.717) is 0 Å². The molecule has 1 aromatic carbocycles. The molecule has 0 heterocycles. The number of halogens is 2. The van der Waals surface area contributed by atoms with Crippen molar-refractivity contribution in [3.8, 4) is 0 Å². The molecular weight excluding hydrogens is 236 g/mol. The average molecular weight is 253 g/mol. The van der Waals surface area contributed by atoms with Gasteiger partial charge in [0.25, 0.3) is 5.91 Å². The highest BCUT2D eigenvalue weighted by Gasteiger charge is 2.32. The third-order valence-corrected chi connectivity index (χ3v) is 3.50. The molecule has 18 heavy (non-hydrogen) atoms. The van der Waals surface area contributed by atoms with E-state index in [4.69, 9.17) is 0 Å². The Balaban J connectivity index is 2.07. The standard InChI is InChI=1S/C14H17F2NO/c1-14(2)7-6-9(8-14)17-13(18)10-4-3-5-11(15)12(10)16/h3-5,9H,6-8H2,1-2H3,(H,17,18). The van der Waals surface area contributed by atoms with Crippen molar-refractivity contribution in [2.75, 3.05) is 0 Å². The zero-order valence-corrected chi connectivity index (χ0v) is 10.6. The maximum atomic E-state index is 13.4. The molecule has 2 rings (SSSR count). The highest BCUT2D eigenvalue weighted by molar-refractivity contribution is 5.94. The molecule has 0 aromatic heterocycles. The molecule has 1 amide bonds. The molecule has 2 nitrogen and oxygen atoms in total. The fraction of sp³-hybridized carbons (Fsp3) is 0.500. The fourth-order valence-electron chi connectivity index (χ4n) is 2.50. The van der Waals surface area contributed by atoms with E-state index in [2.05, 4.69) is 19.2 Å². The van der Waals surface area contributed by atoms with Crippen LogP contribution in [0, 0.1) is 17.0 Å². The lowest BCUT2D eigenvalue weighted by Crippen LogP contribution is -2.34. The van der Waals surface area contributed by atoms with Crippen LogP contribution in [0.2, 0.25) is 0 Å². The Bertz CT molecular complexity index is 471. The number of benzene rings is 1. The number of nitrogens with one attached hydrogen (secondary N) is 1. The number of amides is 1. The lowest BCUT2D eigenvalue weighted by Gasteiger charge is -2.18. The first-order chi connectivity index (χ1) is 8.39. The first-order valence-corrected chi connectivity index (χ1v) is 6.14. The predicted molar refractivity (Wildman–Crippen MR) is 65.2 cm³/mol. The maximum absolute atomic E-state index is 13.4. The zero-order valence-electron chi connectivity index (χ0n) is 10.6. The first kappa shape index (κ1) is 13.0. The van der Waals surface area contributed by atoms with Gasteiger partial charge in [0, 0.05) is 6.04 Å². The second-order valence-electron chi connectivity index (χ2n) is 5.68. The molecule has 1 saturated carbocycles. The van der Waals surface area contributed by atoms with E-state index in [9.17, 15) is 13.6 Å². The van der Waals surface area contributed by atoms with Gasteiger partial charge >= 0.3 is 0 Å². The second kappa shape index (κ2) is 4.67. The molecule has 1 atom stereocenters. The van der Waals surface area contributed by atoms with Gasteiger partial charge in [0.2, 0.25) is 0 Å². The van der Waals surface area contributed by atoms with Crippen LogP contribution in [0.5, 0.6) is 0 Å². The summed E-state index contributed by atoms with van der Waals surface area (Å²) in [6, 6.07) is 3.69. The summed E-state index contributed by atoms with van der Waals surface area (Å²) >= 11 is 0. The van der Waals surface area contributed by atoms with Gasteiger partial charge in [0.1, 0.15) is 0 Å². The van der Waals surface area contributed by atoms with Crippen LogP contribution in [0.15, 0.2) is 18.2 Å². The van der Waals surface area contributed by atoms with E-state index < -0.39 is 17.5 Å². The van der Waals surface area contributed by atoms with Gasteiger partial charge in [0.15, 0.2) is 11.6 Å². The Morgan fingerprint density at radius 1 is 1.39 bits per heavy atom. The van der Waals surface area contributed by atoms with Gasteiger partial charge in [-0.15, -0.1) is 0 Å². The van der Waals surface area contributed by atoms with Crippen LogP contribution >= 0.6 is 0 Å². The number of carbonyl (C=O) groups is 1. The molecule has 1 aliphatic rings. The maximum Gasteiger partial charge on any atom is 0.254 e. The lowest BCUT2D eigenvalue weighted by atomic mass is 9.92. The van der Waals surface area contributed by atoms with Gasteiger partial charge < -0.3 is 5.32 Å². The molecule has 1 aliphatic carbocycles. The lowest BCUT2D eigenvalue weighted by molar-refractivity contribution is 0.0931. The number of hydrogen-bond acceptors (Lipinski definition) is 1. The van der Waals surface area contributed by atoms with Gasteiger partial charge in [-0.2, -0.15) is 0 Å². The molecule has 1 fully saturated rings. The van der Waals surface area contributed by atoms with E-state index in [1.165, 1.54) is 12.1 Å². The summed E-state index contributed by atoms with van der Waals surface area (Å²) in [6.07, 6.45) is 2.79. The molecule has 0 bridgehead atoms. The topological polar surface area (TPSA) is 29.1 Å². The molecular formula is C14H17F2NO. The number of rotatable bonds is 2.